The van der Waals surface area contributed by atoms with Crippen molar-refractivity contribution in [2.45, 2.75) is 38.3 Å². The summed E-state index contributed by atoms with van der Waals surface area (Å²) in [6.45, 7) is 2.42. The van der Waals surface area contributed by atoms with Gasteiger partial charge in [0.1, 0.15) is 11.6 Å². The van der Waals surface area contributed by atoms with E-state index in [4.69, 9.17) is 0 Å². The number of hydrogen-bond donors (Lipinski definition) is 1. The van der Waals surface area contributed by atoms with E-state index in [9.17, 15) is 18.4 Å². The van der Waals surface area contributed by atoms with E-state index in [0.29, 0.717) is 32.7 Å². The highest BCUT2D eigenvalue weighted by Gasteiger charge is 2.37. The number of carbonyl (C=O) groups is 2. The van der Waals surface area contributed by atoms with Crippen molar-refractivity contribution in [2.24, 2.45) is 5.92 Å². The number of carbonyl (C=O) groups excluding carboxylic acids is 2. The SMILES string of the molecule is O=C(NCc1ccc(F)cc1)C(C1CCCC1)N1CCN(C(=O)c2ccccc2F)CC1. The van der Waals surface area contributed by atoms with Gasteiger partial charge in [-0.1, -0.05) is 37.1 Å². The Kier molecular flexibility index (Phi) is 7.15. The molecule has 1 heterocycles. The molecule has 1 saturated heterocycles. The second-order valence-corrected chi connectivity index (χ2v) is 8.64. The zero-order valence-corrected chi connectivity index (χ0v) is 18.1. The van der Waals surface area contributed by atoms with Crippen molar-refractivity contribution >= 4 is 11.8 Å². The van der Waals surface area contributed by atoms with Gasteiger partial charge in [0.15, 0.2) is 0 Å². The van der Waals surface area contributed by atoms with Gasteiger partial charge < -0.3 is 10.2 Å². The molecule has 0 aromatic heterocycles. The second-order valence-electron chi connectivity index (χ2n) is 8.64. The first kappa shape index (κ1) is 22.4. The number of amides is 2. The van der Waals surface area contributed by atoms with Crippen molar-refractivity contribution in [3.63, 3.8) is 0 Å². The lowest BCUT2D eigenvalue weighted by atomic mass is 9.94. The fraction of sp³-hybridized carbons (Fsp3) is 0.440. The Hall–Kier alpha value is -2.80. The van der Waals surface area contributed by atoms with E-state index in [1.165, 1.54) is 24.3 Å². The normalized spacial score (nSPS) is 18.5. The number of rotatable bonds is 6. The Labute approximate surface area is 187 Å². The summed E-state index contributed by atoms with van der Waals surface area (Å²) >= 11 is 0. The fourth-order valence-corrected chi connectivity index (χ4v) is 4.86. The van der Waals surface area contributed by atoms with E-state index in [2.05, 4.69) is 10.2 Å². The lowest BCUT2D eigenvalue weighted by Gasteiger charge is -2.40. The molecular formula is C25H29F2N3O2. The third-order valence-electron chi connectivity index (χ3n) is 6.59. The predicted octanol–water partition coefficient (Wildman–Crippen LogP) is 3.60. The van der Waals surface area contributed by atoms with Crippen LogP contribution in [0.1, 0.15) is 41.6 Å². The molecule has 4 rings (SSSR count). The summed E-state index contributed by atoms with van der Waals surface area (Å²) in [5.41, 5.74) is 0.940. The maximum Gasteiger partial charge on any atom is 0.256 e. The van der Waals surface area contributed by atoms with E-state index >= 15 is 0 Å². The zero-order chi connectivity index (χ0) is 22.5. The molecule has 1 unspecified atom stereocenters. The molecule has 2 amide bonds. The summed E-state index contributed by atoms with van der Waals surface area (Å²) in [7, 11) is 0. The molecule has 1 N–H and O–H groups in total. The summed E-state index contributed by atoms with van der Waals surface area (Å²) in [5, 5.41) is 3.03. The molecule has 1 aliphatic carbocycles. The molecule has 1 saturated carbocycles. The van der Waals surface area contributed by atoms with Gasteiger partial charge in [0.2, 0.25) is 5.91 Å². The van der Waals surface area contributed by atoms with Crippen LogP contribution < -0.4 is 5.32 Å². The lowest BCUT2D eigenvalue weighted by molar-refractivity contribution is -0.129. The molecule has 2 aliphatic rings. The van der Waals surface area contributed by atoms with Gasteiger partial charge in [-0.15, -0.1) is 0 Å². The van der Waals surface area contributed by atoms with Crippen molar-refractivity contribution < 1.29 is 18.4 Å². The van der Waals surface area contributed by atoms with Gasteiger partial charge in [-0.2, -0.15) is 0 Å². The Morgan fingerprint density at radius 1 is 0.938 bits per heavy atom. The number of piperazine rings is 1. The minimum Gasteiger partial charge on any atom is -0.351 e. The molecule has 5 nitrogen and oxygen atoms in total. The minimum atomic E-state index is -0.510. The topological polar surface area (TPSA) is 52.7 Å². The number of benzene rings is 2. The molecule has 32 heavy (non-hydrogen) atoms. The second kappa shape index (κ2) is 10.2. The molecule has 0 radical (unpaired) electrons. The molecule has 1 atom stereocenters. The van der Waals surface area contributed by atoms with Gasteiger partial charge in [0, 0.05) is 32.7 Å². The van der Waals surface area contributed by atoms with Crippen LogP contribution in [0.3, 0.4) is 0 Å². The van der Waals surface area contributed by atoms with Crippen LogP contribution in [0.5, 0.6) is 0 Å². The highest BCUT2D eigenvalue weighted by Crippen LogP contribution is 2.31. The van der Waals surface area contributed by atoms with Crippen LogP contribution in [0.4, 0.5) is 8.78 Å². The van der Waals surface area contributed by atoms with Crippen molar-refractivity contribution in [1.82, 2.24) is 15.1 Å². The number of hydrogen-bond acceptors (Lipinski definition) is 3. The van der Waals surface area contributed by atoms with Crippen LogP contribution in [-0.2, 0) is 11.3 Å². The average Bonchev–Trinajstić information content (AvgIpc) is 3.33. The van der Waals surface area contributed by atoms with Gasteiger partial charge in [-0.05, 0) is 48.6 Å². The fourth-order valence-electron chi connectivity index (χ4n) is 4.86. The number of nitrogens with zero attached hydrogens (tertiary/aromatic N) is 2. The largest absolute Gasteiger partial charge is 0.351 e. The quantitative estimate of drug-likeness (QED) is 0.745. The van der Waals surface area contributed by atoms with Crippen LogP contribution in [0.25, 0.3) is 0 Å². The Bertz CT molecular complexity index is 936. The smallest absolute Gasteiger partial charge is 0.256 e. The summed E-state index contributed by atoms with van der Waals surface area (Å²) in [4.78, 5) is 29.8. The predicted molar refractivity (Wildman–Crippen MR) is 118 cm³/mol. The van der Waals surface area contributed by atoms with Crippen LogP contribution in [0.2, 0.25) is 0 Å². The third kappa shape index (κ3) is 5.15. The Balaban J connectivity index is 1.39. The van der Waals surface area contributed by atoms with E-state index in [-0.39, 0.29) is 35.2 Å². The average molecular weight is 442 g/mol. The van der Waals surface area contributed by atoms with Crippen molar-refractivity contribution in [3.8, 4) is 0 Å². The molecule has 1 aliphatic heterocycles. The van der Waals surface area contributed by atoms with Crippen LogP contribution in [0.15, 0.2) is 48.5 Å². The molecule has 2 aromatic carbocycles. The van der Waals surface area contributed by atoms with Crippen molar-refractivity contribution in [2.75, 3.05) is 26.2 Å². The van der Waals surface area contributed by atoms with E-state index in [1.54, 1.807) is 29.2 Å². The van der Waals surface area contributed by atoms with E-state index in [0.717, 1.165) is 31.2 Å². The first-order valence-electron chi connectivity index (χ1n) is 11.3. The molecule has 2 aromatic rings. The molecule has 0 spiro atoms. The molecule has 0 bridgehead atoms. The van der Waals surface area contributed by atoms with Crippen molar-refractivity contribution in [3.05, 3.63) is 71.3 Å². The summed E-state index contributed by atoms with van der Waals surface area (Å²) in [5.74, 6) is -0.844. The van der Waals surface area contributed by atoms with Gasteiger partial charge in [0.05, 0.1) is 11.6 Å². The summed E-state index contributed by atoms with van der Waals surface area (Å²) in [6.07, 6.45) is 4.28. The highest BCUT2D eigenvalue weighted by atomic mass is 19.1. The molecule has 170 valence electrons. The van der Waals surface area contributed by atoms with Crippen LogP contribution >= 0.6 is 0 Å². The van der Waals surface area contributed by atoms with Gasteiger partial charge in [-0.25, -0.2) is 8.78 Å². The first-order valence-corrected chi connectivity index (χ1v) is 11.3. The van der Waals surface area contributed by atoms with Gasteiger partial charge >= 0.3 is 0 Å². The standard InChI is InChI=1S/C25H29F2N3O2/c26-20-11-9-18(10-12-20)17-28-24(31)23(19-5-1-2-6-19)29-13-15-30(16-14-29)25(32)21-7-3-4-8-22(21)27/h3-4,7-12,19,23H,1-2,5-6,13-17H2,(H,28,31). The first-order chi connectivity index (χ1) is 15.5. The monoisotopic (exact) mass is 441 g/mol. The Morgan fingerprint density at radius 2 is 1.59 bits per heavy atom. The van der Waals surface area contributed by atoms with Crippen LogP contribution in [0, 0.1) is 17.6 Å². The van der Waals surface area contributed by atoms with Crippen molar-refractivity contribution in [1.29, 1.82) is 0 Å². The number of nitrogens with one attached hydrogen (secondary N) is 1. The maximum absolute atomic E-state index is 14.0. The lowest BCUT2D eigenvalue weighted by Crippen LogP contribution is -2.58. The molecular weight excluding hydrogens is 412 g/mol. The van der Waals surface area contributed by atoms with Crippen LogP contribution in [-0.4, -0.2) is 53.8 Å². The van der Waals surface area contributed by atoms with Gasteiger partial charge in [-0.3, -0.25) is 14.5 Å². The maximum atomic E-state index is 14.0. The molecule has 7 heteroatoms. The van der Waals surface area contributed by atoms with Gasteiger partial charge in [0.25, 0.3) is 5.91 Å². The zero-order valence-electron chi connectivity index (χ0n) is 18.1. The molecule has 2 fully saturated rings. The summed E-state index contributed by atoms with van der Waals surface area (Å²) in [6, 6.07) is 11.9. The Morgan fingerprint density at radius 3 is 2.25 bits per heavy atom. The minimum absolute atomic E-state index is 0.0184. The van der Waals surface area contributed by atoms with E-state index < -0.39 is 5.82 Å². The summed E-state index contributed by atoms with van der Waals surface area (Å²) < 4.78 is 27.2. The number of halogens is 2. The van der Waals surface area contributed by atoms with E-state index in [1.807, 2.05) is 0 Å². The third-order valence-corrected chi connectivity index (χ3v) is 6.59. The highest BCUT2D eigenvalue weighted by molar-refractivity contribution is 5.94.